The number of carboxylic acid groups (broad SMARTS) is 1. The van der Waals surface area contributed by atoms with Crippen LogP contribution in [0.3, 0.4) is 0 Å². The zero-order chi connectivity index (χ0) is 14.0. The van der Waals surface area contributed by atoms with Gasteiger partial charge in [0.1, 0.15) is 5.25 Å². The number of amidine groups is 1. The largest absolute Gasteiger partial charge is 0.481 e. The lowest BCUT2D eigenvalue weighted by Gasteiger charge is -2.08. The van der Waals surface area contributed by atoms with Gasteiger partial charge >= 0.3 is 5.97 Å². The molecule has 19 heavy (non-hydrogen) atoms. The van der Waals surface area contributed by atoms with E-state index >= 15 is 0 Å². The van der Waals surface area contributed by atoms with Crippen LogP contribution in [0.25, 0.3) is 0 Å². The minimum atomic E-state index is -0.976. The van der Waals surface area contributed by atoms with Crippen molar-refractivity contribution in [1.29, 1.82) is 0 Å². The third-order valence-electron chi connectivity index (χ3n) is 2.83. The van der Waals surface area contributed by atoms with Crippen LogP contribution in [-0.2, 0) is 9.59 Å². The summed E-state index contributed by atoms with van der Waals surface area (Å²) in [5.41, 5.74) is 1.80. The molecule has 0 aromatic heterocycles. The molecule has 1 N–H and O–H groups in total. The summed E-state index contributed by atoms with van der Waals surface area (Å²) in [7, 11) is 1.62. The summed E-state index contributed by atoms with van der Waals surface area (Å²) >= 11 is 1.20. The Kier molecular flexibility index (Phi) is 3.90. The van der Waals surface area contributed by atoms with E-state index < -0.39 is 11.2 Å². The van der Waals surface area contributed by atoms with Crippen molar-refractivity contribution in [3.05, 3.63) is 29.8 Å². The molecule has 0 saturated carbocycles. The van der Waals surface area contributed by atoms with E-state index in [0.717, 1.165) is 11.3 Å². The lowest BCUT2D eigenvalue weighted by Crippen LogP contribution is -2.28. The van der Waals surface area contributed by atoms with Gasteiger partial charge in [-0.3, -0.25) is 14.5 Å². The Morgan fingerprint density at radius 3 is 2.79 bits per heavy atom. The summed E-state index contributed by atoms with van der Waals surface area (Å²) in [6.07, 6.45) is -0.180. The quantitative estimate of drug-likeness (QED) is 0.918. The third-order valence-corrected chi connectivity index (χ3v) is 4.06. The highest BCUT2D eigenvalue weighted by molar-refractivity contribution is 8.15. The van der Waals surface area contributed by atoms with Crippen molar-refractivity contribution in [2.24, 2.45) is 4.99 Å². The number of carbonyl (C=O) groups is 2. The van der Waals surface area contributed by atoms with Gasteiger partial charge in [-0.15, -0.1) is 0 Å². The minimum Gasteiger partial charge on any atom is -0.481 e. The summed E-state index contributed by atoms with van der Waals surface area (Å²) < 4.78 is 0. The van der Waals surface area contributed by atoms with Gasteiger partial charge < -0.3 is 5.11 Å². The molecular formula is C13H14N2O3S. The first kappa shape index (κ1) is 13.6. The van der Waals surface area contributed by atoms with Crippen LogP contribution < -0.4 is 0 Å². The molecular weight excluding hydrogens is 264 g/mol. The molecule has 0 radical (unpaired) electrons. The molecule has 0 spiro atoms. The average Bonchev–Trinajstić information content (AvgIpc) is 2.60. The zero-order valence-electron chi connectivity index (χ0n) is 10.7. The van der Waals surface area contributed by atoms with Crippen LogP contribution in [-0.4, -0.2) is 39.3 Å². The van der Waals surface area contributed by atoms with Crippen LogP contribution in [0.5, 0.6) is 0 Å². The summed E-state index contributed by atoms with van der Waals surface area (Å²) in [5.74, 6) is -1.18. The molecule has 1 aromatic rings. The number of benzene rings is 1. The molecule has 100 valence electrons. The van der Waals surface area contributed by atoms with Gasteiger partial charge in [0.25, 0.3) is 0 Å². The van der Waals surface area contributed by atoms with Crippen molar-refractivity contribution in [2.45, 2.75) is 18.6 Å². The fraction of sp³-hybridized carbons (Fsp3) is 0.308. The standard InChI is InChI=1S/C13H14N2O3S/c1-8-5-3-4-6-9(8)14-13-15(2)12(18)10(19-13)7-11(16)17/h3-6,10H,7H2,1-2H3,(H,16,17). The van der Waals surface area contributed by atoms with Gasteiger partial charge in [-0.05, 0) is 18.6 Å². The zero-order valence-corrected chi connectivity index (χ0v) is 11.5. The highest BCUT2D eigenvalue weighted by Gasteiger charge is 2.36. The number of aliphatic imine (C=N–C) groups is 1. The van der Waals surface area contributed by atoms with Crippen LogP contribution in [0.15, 0.2) is 29.3 Å². The maximum Gasteiger partial charge on any atom is 0.305 e. The smallest absolute Gasteiger partial charge is 0.305 e. The number of thioether (sulfide) groups is 1. The second-order valence-corrected chi connectivity index (χ2v) is 5.45. The molecule has 6 heteroatoms. The molecule has 0 bridgehead atoms. The molecule has 1 aromatic carbocycles. The van der Waals surface area contributed by atoms with E-state index in [9.17, 15) is 9.59 Å². The molecule has 1 heterocycles. The summed E-state index contributed by atoms with van der Waals surface area (Å²) in [6.45, 7) is 1.94. The first-order chi connectivity index (χ1) is 8.99. The van der Waals surface area contributed by atoms with Crippen molar-refractivity contribution in [1.82, 2.24) is 4.90 Å². The van der Waals surface area contributed by atoms with E-state index in [1.54, 1.807) is 7.05 Å². The maximum atomic E-state index is 11.9. The molecule has 0 aliphatic carbocycles. The first-order valence-electron chi connectivity index (χ1n) is 5.79. The topological polar surface area (TPSA) is 70.0 Å². The molecule has 1 atom stereocenters. The minimum absolute atomic E-state index is 0.180. The number of aliphatic carboxylic acids is 1. The number of carboxylic acids is 1. The van der Waals surface area contributed by atoms with E-state index in [2.05, 4.69) is 4.99 Å². The first-order valence-corrected chi connectivity index (χ1v) is 6.67. The van der Waals surface area contributed by atoms with E-state index in [1.165, 1.54) is 16.7 Å². The second-order valence-electron chi connectivity index (χ2n) is 4.28. The van der Waals surface area contributed by atoms with Gasteiger partial charge in [0.05, 0.1) is 12.1 Å². The third kappa shape index (κ3) is 2.96. The predicted octanol–water partition coefficient (Wildman–Crippen LogP) is 2.03. The summed E-state index contributed by atoms with van der Waals surface area (Å²) in [6, 6.07) is 7.60. The molecule has 1 aliphatic heterocycles. The lowest BCUT2D eigenvalue weighted by molar-refractivity contribution is -0.139. The van der Waals surface area contributed by atoms with Crippen molar-refractivity contribution in [2.75, 3.05) is 7.05 Å². The van der Waals surface area contributed by atoms with Crippen LogP contribution >= 0.6 is 11.8 Å². The highest BCUT2D eigenvalue weighted by atomic mass is 32.2. The van der Waals surface area contributed by atoms with Crippen LogP contribution in [0.1, 0.15) is 12.0 Å². The SMILES string of the molecule is Cc1ccccc1N=C1SC(CC(=O)O)C(=O)N1C. The number of hydrogen-bond donors (Lipinski definition) is 1. The molecule has 2 rings (SSSR count). The normalized spacial score (nSPS) is 21.2. The van der Waals surface area contributed by atoms with Crippen molar-refractivity contribution < 1.29 is 14.7 Å². The number of nitrogens with zero attached hydrogens (tertiary/aromatic N) is 2. The van der Waals surface area contributed by atoms with E-state index in [-0.39, 0.29) is 12.3 Å². The van der Waals surface area contributed by atoms with E-state index in [0.29, 0.717) is 5.17 Å². The molecule has 1 aliphatic rings. The van der Waals surface area contributed by atoms with E-state index in [4.69, 9.17) is 5.11 Å². The Morgan fingerprint density at radius 2 is 2.16 bits per heavy atom. The second kappa shape index (κ2) is 5.44. The maximum absolute atomic E-state index is 11.9. The molecule has 1 unspecified atom stereocenters. The van der Waals surface area contributed by atoms with Gasteiger partial charge in [0.15, 0.2) is 5.17 Å². The Balaban J connectivity index is 2.25. The highest BCUT2D eigenvalue weighted by Crippen LogP contribution is 2.31. The van der Waals surface area contributed by atoms with Gasteiger partial charge in [0, 0.05) is 7.05 Å². The van der Waals surface area contributed by atoms with Crippen molar-refractivity contribution >= 4 is 34.5 Å². The number of hydrogen-bond acceptors (Lipinski definition) is 4. The average molecular weight is 278 g/mol. The number of amides is 1. The number of rotatable bonds is 3. The van der Waals surface area contributed by atoms with Gasteiger partial charge in [-0.2, -0.15) is 0 Å². The Hall–Kier alpha value is -1.82. The number of aryl methyl sites for hydroxylation is 1. The Morgan fingerprint density at radius 1 is 1.47 bits per heavy atom. The van der Waals surface area contributed by atoms with E-state index in [1.807, 2.05) is 31.2 Å². The number of carbonyl (C=O) groups excluding carboxylic acids is 1. The van der Waals surface area contributed by atoms with Gasteiger partial charge in [-0.1, -0.05) is 30.0 Å². The Labute approximate surface area is 115 Å². The molecule has 1 amide bonds. The van der Waals surface area contributed by atoms with Crippen molar-refractivity contribution in [3.8, 4) is 0 Å². The monoisotopic (exact) mass is 278 g/mol. The van der Waals surface area contributed by atoms with Crippen LogP contribution in [0.2, 0.25) is 0 Å². The van der Waals surface area contributed by atoms with Gasteiger partial charge in [-0.25, -0.2) is 4.99 Å². The summed E-state index contributed by atoms with van der Waals surface area (Å²) in [5, 5.41) is 8.74. The fourth-order valence-corrected chi connectivity index (χ4v) is 2.89. The fourth-order valence-electron chi connectivity index (χ4n) is 1.75. The van der Waals surface area contributed by atoms with Crippen LogP contribution in [0, 0.1) is 6.92 Å². The predicted molar refractivity (Wildman–Crippen MR) is 74.7 cm³/mol. The van der Waals surface area contributed by atoms with Crippen molar-refractivity contribution in [3.63, 3.8) is 0 Å². The molecule has 1 fully saturated rings. The molecule has 5 nitrogen and oxygen atoms in total. The Bertz CT molecular complexity index is 557. The van der Waals surface area contributed by atoms with Crippen LogP contribution in [0.4, 0.5) is 5.69 Å². The summed E-state index contributed by atoms with van der Waals surface area (Å²) in [4.78, 5) is 28.4. The number of para-hydroxylation sites is 1. The van der Waals surface area contributed by atoms with Gasteiger partial charge in [0.2, 0.25) is 5.91 Å². The lowest BCUT2D eigenvalue weighted by atomic mass is 10.2. The molecule has 1 saturated heterocycles.